The Kier molecular flexibility index (Phi) is 3.40. The molecule has 0 unspecified atom stereocenters. The van der Waals surface area contributed by atoms with Crippen molar-refractivity contribution in [3.05, 3.63) is 40.4 Å². The lowest BCUT2D eigenvalue weighted by molar-refractivity contribution is -0.123. The monoisotopic (exact) mass is 336 g/mol. The number of Topliss-reactive ketones (excluding diaryl/α,β-unsaturated/α-hetero) is 1. The molecular formula is C15H13BrO4. The molecule has 2 heterocycles. The Morgan fingerprint density at radius 2 is 1.80 bits per heavy atom. The SMILES string of the molecule is COc1ccc(C2=C(Br)C(=O)[C@H]3C=C[C@@H]2O3)cc1OC. The fourth-order valence-electron chi connectivity index (χ4n) is 2.44. The van der Waals surface area contributed by atoms with E-state index in [-0.39, 0.29) is 11.9 Å². The van der Waals surface area contributed by atoms with Crippen molar-refractivity contribution >= 4 is 27.3 Å². The zero-order chi connectivity index (χ0) is 14.3. The highest BCUT2D eigenvalue weighted by Gasteiger charge is 2.37. The number of ketones is 1. The fourth-order valence-corrected chi connectivity index (χ4v) is 3.12. The van der Waals surface area contributed by atoms with E-state index in [1.54, 1.807) is 20.3 Å². The molecule has 2 atom stereocenters. The topological polar surface area (TPSA) is 44.8 Å². The number of methoxy groups -OCH3 is 2. The summed E-state index contributed by atoms with van der Waals surface area (Å²) in [6.07, 6.45) is 3.04. The maximum atomic E-state index is 12.1. The first-order valence-electron chi connectivity index (χ1n) is 6.15. The summed E-state index contributed by atoms with van der Waals surface area (Å²) in [5, 5.41) is 0. The molecule has 104 valence electrons. The first-order chi connectivity index (χ1) is 9.65. The van der Waals surface area contributed by atoms with Crippen LogP contribution in [-0.4, -0.2) is 32.2 Å². The average molecular weight is 337 g/mol. The lowest BCUT2D eigenvalue weighted by atomic mass is 9.97. The average Bonchev–Trinajstić information content (AvgIpc) is 2.91. The van der Waals surface area contributed by atoms with Gasteiger partial charge in [-0.2, -0.15) is 0 Å². The second-order valence-corrected chi connectivity index (χ2v) is 5.32. The van der Waals surface area contributed by atoms with Crippen LogP contribution in [0.5, 0.6) is 11.5 Å². The van der Waals surface area contributed by atoms with Crippen LogP contribution in [0, 0.1) is 0 Å². The molecule has 3 rings (SSSR count). The van der Waals surface area contributed by atoms with Crippen molar-refractivity contribution in [2.24, 2.45) is 0 Å². The van der Waals surface area contributed by atoms with E-state index in [0.29, 0.717) is 16.0 Å². The molecule has 2 bridgehead atoms. The number of ether oxygens (including phenoxy) is 3. The molecular weight excluding hydrogens is 324 g/mol. The summed E-state index contributed by atoms with van der Waals surface area (Å²) in [6.45, 7) is 0. The minimum atomic E-state index is -0.460. The zero-order valence-electron chi connectivity index (χ0n) is 11.1. The maximum Gasteiger partial charge on any atom is 0.202 e. The van der Waals surface area contributed by atoms with Crippen molar-refractivity contribution in [3.8, 4) is 11.5 Å². The van der Waals surface area contributed by atoms with Crippen molar-refractivity contribution in [3.63, 3.8) is 0 Å². The highest BCUT2D eigenvalue weighted by molar-refractivity contribution is 9.12. The molecule has 0 aliphatic carbocycles. The van der Waals surface area contributed by atoms with Gasteiger partial charge in [-0.05, 0) is 39.7 Å². The fraction of sp³-hybridized carbons (Fsp3) is 0.267. The number of hydrogen-bond donors (Lipinski definition) is 0. The Balaban J connectivity index is 2.10. The molecule has 0 spiro atoms. The molecule has 20 heavy (non-hydrogen) atoms. The molecule has 0 aromatic heterocycles. The molecule has 1 aromatic rings. The van der Waals surface area contributed by atoms with E-state index >= 15 is 0 Å². The number of hydrogen-bond acceptors (Lipinski definition) is 4. The highest BCUT2D eigenvalue weighted by Crippen LogP contribution is 2.40. The van der Waals surface area contributed by atoms with Crippen LogP contribution in [0.25, 0.3) is 5.57 Å². The Hall–Kier alpha value is -1.59. The van der Waals surface area contributed by atoms with Crippen LogP contribution in [0.4, 0.5) is 0 Å². The van der Waals surface area contributed by atoms with Crippen LogP contribution < -0.4 is 9.47 Å². The third-order valence-electron chi connectivity index (χ3n) is 3.44. The minimum Gasteiger partial charge on any atom is -0.493 e. The van der Waals surface area contributed by atoms with E-state index in [1.165, 1.54) is 0 Å². The summed E-state index contributed by atoms with van der Waals surface area (Å²) in [7, 11) is 3.17. The van der Waals surface area contributed by atoms with E-state index < -0.39 is 6.10 Å². The Bertz CT molecular complexity index is 633. The van der Waals surface area contributed by atoms with Crippen molar-refractivity contribution in [1.82, 2.24) is 0 Å². The summed E-state index contributed by atoms with van der Waals surface area (Å²) < 4.78 is 16.7. The molecule has 2 aliphatic heterocycles. The summed E-state index contributed by atoms with van der Waals surface area (Å²) >= 11 is 3.40. The predicted molar refractivity (Wildman–Crippen MR) is 78.2 cm³/mol. The molecule has 0 fully saturated rings. The van der Waals surface area contributed by atoms with Crippen LogP contribution in [0.3, 0.4) is 0 Å². The van der Waals surface area contributed by atoms with Crippen molar-refractivity contribution in [1.29, 1.82) is 0 Å². The summed E-state index contributed by atoms with van der Waals surface area (Å²) in [5.41, 5.74) is 1.69. The van der Waals surface area contributed by atoms with E-state index in [4.69, 9.17) is 14.2 Å². The van der Waals surface area contributed by atoms with Crippen LogP contribution >= 0.6 is 15.9 Å². The number of fused-ring (bicyclic) bond motifs is 2. The number of rotatable bonds is 3. The van der Waals surface area contributed by atoms with Crippen LogP contribution in [-0.2, 0) is 9.53 Å². The number of carbonyl (C=O) groups is 1. The standard InChI is InChI=1S/C15H13BrO4/c1-18-9-4-3-8(7-12(9)19-2)13-10-5-6-11(20-10)15(17)14(13)16/h3-7,10-11H,1-2H3/t10-,11+/m0/s1. The van der Waals surface area contributed by atoms with Crippen molar-refractivity contribution in [2.75, 3.05) is 14.2 Å². The van der Waals surface area contributed by atoms with E-state index in [9.17, 15) is 4.79 Å². The van der Waals surface area contributed by atoms with E-state index in [0.717, 1.165) is 11.1 Å². The van der Waals surface area contributed by atoms with Crippen molar-refractivity contribution in [2.45, 2.75) is 12.2 Å². The lowest BCUT2D eigenvalue weighted by Gasteiger charge is -2.24. The Morgan fingerprint density at radius 1 is 1.10 bits per heavy atom. The van der Waals surface area contributed by atoms with Gasteiger partial charge < -0.3 is 14.2 Å². The third-order valence-corrected chi connectivity index (χ3v) is 4.26. The van der Waals surface area contributed by atoms with Gasteiger partial charge >= 0.3 is 0 Å². The van der Waals surface area contributed by atoms with E-state index in [2.05, 4.69) is 15.9 Å². The lowest BCUT2D eigenvalue weighted by Crippen LogP contribution is -2.29. The van der Waals surface area contributed by atoms with Gasteiger partial charge in [-0.1, -0.05) is 12.1 Å². The normalized spacial score (nSPS) is 24.2. The quantitative estimate of drug-likeness (QED) is 0.796. The van der Waals surface area contributed by atoms with Gasteiger partial charge in [0, 0.05) is 5.57 Å². The number of benzene rings is 1. The smallest absolute Gasteiger partial charge is 0.202 e. The Labute approximate surface area is 125 Å². The Morgan fingerprint density at radius 3 is 2.50 bits per heavy atom. The van der Waals surface area contributed by atoms with Gasteiger partial charge in [-0.15, -0.1) is 0 Å². The molecule has 0 saturated heterocycles. The molecule has 0 radical (unpaired) electrons. The first-order valence-corrected chi connectivity index (χ1v) is 6.95. The van der Waals surface area contributed by atoms with Gasteiger partial charge in [0.05, 0.1) is 18.7 Å². The van der Waals surface area contributed by atoms with Gasteiger partial charge in [-0.25, -0.2) is 0 Å². The largest absolute Gasteiger partial charge is 0.493 e. The summed E-state index contributed by atoms with van der Waals surface area (Å²) in [6, 6.07) is 5.55. The predicted octanol–water partition coefficient (Wildman–Crippen LogP) is 2.72. The summed E-state index contributed by atoms with van der Waals surface area (Å²) in [4.78, 5) is 12.1. The molecule has 0 saturated carbocycles. The highest BCUT2D eigenvalue weighted by atomic mass is 79.9. The van der Waals surface area contributed by atoms with Crippen LogP contribution in [0.15, 0.2) is 34.8 Å². The maximum absolute atomic E-state index is 12.1. The number of carbonyl (C=O) groups excluding carboxylic acids is 1. The van der Waals surface area contributed by atoms with Gasteiger partial charge in [0.2, 0.25) is 5.78 Å². The molecule has 5 heteroatoms. The zero-order valence-corrected chi connectivity index (χ0v) is 12.6. The summed E-state index contributed by atoms with van der Waals surface area (Å²) in [5.74, 6) is 1.21. The molecule has 0 amide bonds. The molecule has 4 nitrogen and oxygen atoms in total. The second kappa shape index (κ2) is 5.07. The van der Waals surface area contributed by atoms with Crippen molar-refractivity contribution < 1.29 is 19.0 Å². The van der Waals surface area contributed by atoms with Gasteiger partial charge in [-0.3, -0.25) is 4.79 Å². The molecule has 0 N–H and O–H groups in total. The molecule has 2 aliphatic rings. The van der Waals surface area contributed by atoms with Gasteiger partial charge in [0.1, 0.15) is 12.2 Å². The van der Waals surface area contributed by atoms with Crippen LogP contribution in [0.2, 0.25) is 0 Å². The van der Waals surface area contributed by atoms with Crippen LogP contribution in [0.1, 0.15) is 5.56 Å². The van der Waals surface area contributed by atoms with Gasteiger partial charge in [0.15, 0.2) is 11.5 Å². The van der Waals surface area contributed by atoms with Gasteiger partial charge in [0.25, 0.3) is 0 Å². The molecule has 1 aromatic carbocycles. The van der Waals surface area contributed by atoms with E-state index in [1.807, 2.05) is 24.3 Å². The first kappa shape index (κ1) is 13.4. The third kappa shape index (κ3) is 1.98. The second-order valence-electron chi connectivity index (χ2n) is 4.52. The number of halogens is 1. The minimum absolute atomic E-state index is 0.0558.